The molecule has 2 rings (SSSR count). The first-order valence-electron chi connectivity index (χ1n) is 7.56. The first-order valence-corrected chi connectivity index (χ1v) is 8.61. The zero-order chi connectivity index (χ0) is 15.9. The van der Waals surface area contributed by atoms with E-state index in [-0.39, 0.29) is 12.1 Å². The molecule has 1 fully saturated rings. The summed E-state index contributed by atoms with van der Waals surface area (Å²) < 4.78 is 25.6. The SMILES string of the molecule is CCSC1CCCC(NC(=O)Nc2cnn(CC(F)F)c2)C1. The largest absolute Gasteiger partial charge is 0.335 e. The topological polar surface area (TPSA) is 59.0 Å². The predicted octanol–water partition coefficient (Wildman–Crippen LogP) is 3.33. The van der Waals surface area contributed by atoms with Crippen LogP contribution in [0.2, 0.25) is 0 Å². The number of nitrogens with one attached hydrogen (secondary N) is 2. The van der Waals surface area contributed by atoms with Gasteiger partial charge in [-0.15, -0.1) is 0 Å². The van der Waals surface area contributed by atoms with Crippen molar-refractivity contribution < 1.29 is 13.6 Å². The normalized spacial score (nSPS) is 21.8. The second-order valence-electron chi connectivity index (χ2n) is 5.38. The van der Waals surface area contributed by atoms with E-state index in [1.165, 1.54) is 18.8 Å². The Hall–Kier alpha value is -1.31. The second-order valence-corrected chi connectivity index (χ2v) is 6.96. The van der Waals surface area contributed by atoms with Crippen LogP contribution >= 0.6 is 11.8 Å². The number of anilines is 1. The van der Waals surface area contributed by atoms with Crippen molar-refractivity contribution in [2.75, 3.05) is 11.1 Å². The third kappa shape index (κ3) is 5.47. The molecule has 0 spiro atoms. The van der Waals surface area contributed by atoms with Crippen molar-refractivity contribution in [3.63, 3.8) is 0 Å². The molecule has 2 amide bonds. The molecule has 1 aromatic rings. The van der Waals surface area contributed by atoms with Crippen LogP contribution in [0.25, 0.3) is 0 Å². The van der Waals surface area contributed by atoms with Gasteiger partial charge < -0.3 is 10.6 Å². The molecule has 2 unspecified atom stereocenters. The van der Waals surface area contributed by atoms with E-state index >= 15 is 0 Å². The van der Waals surface area contributed by atoms with Crippen molar-refractivity contribution in [1.82, 2.24) is 15.1 Å². The Balaban J connectivity index is 1.78. The van der Waals surface area contributed by atoms with Gasteiger partial charge in [0.15, 0.2) is 0 Å². The Morgan fingerprint density at radius 2 is 2.36 bits per heavy atom. The van der Waals surface area contributed by atoms with E-state index < -0.39 is 13.0 Å². The molecule has 0 radical (unpaired) electrons. The molecule has 1 aliphatic carbocycles. The lowest BCUT2D eigenvalue weighted by Gasteiger charge is -2.29. The number of hydrogen-bond acceptors (Lipinski definition) is 3. The van der Waals surface area contributed by atoms with Gasteiger partial charge in [-0.05, 0) is 25.0 Å². The molecule has 2 N–H and O–H groups in total. The van der Waals surface area contributed by atoms with Gasteiger partial charge in [-0.2, -0.15) is 16.9 Å². The smallest absolute Gasteiger partial charge is 0.319 e. The molecule has 22 heavy (non-hydrogen) atoms. The van der Waals surface area contributed by atoms with E-state index in [4.69, 9.17) is 0 Å². The summed E-state index contributed by atoms with van der Waals surface area (Å²) in [6.45, 7) is 1.67. The van der Waals surface area contributed by atoms with Gasteiger partial charge in [0.1, 0.15) is 6.54 Å². The number of thioether (sulfide) groups is 1. The van der Waals surface area contributed by atoms with Crippen LogP contribution in [-0.2, 0) is 6.54 Å². The monoisotopic (exact) mass is 332 g/mol. The molecular weight excluding hydrogens is 310 g/mol. The first kappa shape index (κ1) is 17.1. The minimum absolute atomic E-state index is 0.175. The van der Waals surface area contributed by atoms with Gasteiger partial charge in [0.25, 0.3) is 6.43 Å². The van der Waals surface area contributed by atoms with Crippen molar-refractivity contribution in [1.29, 1.82) is 0 Å². The number of carbonyl (C=O) groups is 1. The van der Waals surface area contributed by atoms with Crippen LogP contribution in [0, 0.1) is 0 Å². The summed E-state index contributed by atoms with van der Waals surface area (Å²) in [5.74, 6) is 1.09. The molecule has 1 aliphatic rings. The summed E-state index contributed by atoms with van der Waals surface area (Å²) >= 11 is 1.94. The second kappa shape index (κ2) is 8.36. The number of rotatable bonds is 6. The van der Waals surface area contributed by atoms with Crippen LogP contribution in [-0.4, -0.2) is 39.3 Å². The van der Waals surface area contributed by atoms with Crippen LogP contribution in [0.15, 0.2) is 12.4 Å². The number of carbonyl (C=O) groups excluding carboxylic acids is 1. The summed E-state index contributed by atoms with van der Waals surface area (Å²) in [5, 5.41) is 9.99. The van der Waals surface area contributed by atoms with E-state index in [0.29, 0.717) is 10.9 Å². The highest BCUT2D eigenvalue weighted by molar-refractivity contribution is 7.99. The Bertz CT molecular complexity index is 481. The quantitative estimate of drug-likeness (QED) is 0.840. The molecule has 5 nitrogen and oxygen atoms in total. The highest BCUT2D eigenvalue weighted by Gasteiger charge is 2.23. The number of alkyl halides is 2. The lowest BCUT2D eigenvalue weighted by atomic mass is 9.95. The fraction of sp³-hybridized carbons (Fsp3) is 0.714. The standard InChI is InChI=1S/C14H22F2N4OS/c1-2-22-12-5-3-4-10(6-12)18-14(21)19-11-7-17-20(8-11)9-13(15)16/h7-8,10,12-13H,2-6,9H2,1H3,(H2,18,19,21). The Morgan fingerprint density at radius 1 is 1.55 bits per heavy atom. The van der Waals surface area contributed by atoms with Gasteiger partial charge in [0.05, 0.1) is 11.9 Å². The number of hydrogen-bond donors (Lipinski definition) is 2. The van der Waals surface area contributed by atoms with E-state index in [2.05, 4.69) is 22.7 Å². The maximum Gasteiger partial charge on any atom is 0.319 e. The van der Waals surface area contributed by atoms with Crippen molar-refractivity contribution >= 4 is 23.5 Å². The predicted molar refractivity (Wildman–Crippen MR) is 84.6 cm³/mol. The Morgan fingerprint density at radius 3 is 3.09 bits per heavy atom. The minimum Gasteiger partial charge on any atom is -0.335 e. The van der Waals surface area contributed by atoms with Crippen molar-refractivity contribution in [2.45, 2.75) is 56.9 Å². The average Bonchev–Trinajstić information content (AvgIpc) is 2.85. The molecule has 1 aromatic heterocycles. The minimum atomic E-state index is -2.46. The number of amides is 2. The molecule has 1 heterocycles. The third-order valence-electron chi connectivity index (χ3n) is 3.58. The van der Waals surface area contributed by atoms with E-state index in [1.807, 2.05) is 11.8 Å². The average molecular weight is 332 g/mol. The number of urea groups is 1. The third-order valence-corrected chi connectivity index (χ3v) is 4.81. The number of nitrogens with zero attached hydrogens (tertiary/aromatic N) is 2. The van der Waals surface area contributed by atoms with Gasteiger partial charge >= 0.3 is 6.03 Å². The zero-order valence-corrected chi connectivity index (χ0v) is 13.4. The molecule has 0 aliphatic heterocycles. The van der Waals surface area contributed by atoms with Crippen molar-refractivity contribution in [3.05, 3.63) is 12.4 Å². The maximum absolute atomic E-state index is 12.2. The lowest BCUT2D eigenvalue weighted by molar-refractivity contribution is 0.122. The molecule has 8 heteroatoms. The molecule has 2 atom stereocenters. The fourth-order valence-corrected chi connectivity index (χ4v) is 3.86. The van der Waals surface area contributed by atoms with E-state index in [9.17, 15) is 13.6 Å². The summed E-state index contributed by atoms with van der Waals surface area (Å²) in [4.78, 5) is 12.0. The van der Waals surface area contributed by atoms with Crippen molar-refractivity contribution in [3.8, 4) is 0 Å². The molecule has 124 valence electrons. The fourth-order valence-electron chi connectivity index (χ4n) is 2.69. The molecule has 0 saturated heterocycles. The zero-order valence-electron chi connectivity index (χ0n) is 12.6. The Labute approximate surface area is 133 Å². The maximum atomic E-state index is 12.2. The molecule has 0 aromatic carbocycles. The summed E-state index contributed by atoms with van der Waals surface area (Å²) in [7, 11) is 0. The van der Waals surface area contributed by atoms with Gasteiger partial charge in [-0.1, -0.05) is 13.3 Å². The number of halogens is 2. The van der Waals surface area contributed by atoms with Gasteiger partial charge in [0.2, 0.25) is 0 Å². The van der Waals surface area contributed by atoms with Gasteiger partial charge in [0, 0.05) is 17.5 Å². The van der Waals surface area contributed by atoms with E-state index in [0.717, 1.165) is 29.7 Å². The lowest BCUT2D eigenvalue weighted by Crippen LogP contribution is -2.41. The van der Waals surface area contributed by atoms with Gasteiger partial charge in [-0.3, -0.25) is 4.68 Å². The summed E-state index contributed by atoms with van der Waals surface area (Å²) in [5.41, 5.74) is 0.424. The highest BCUT2D eigenvalue weighted by atomic mass is 32.2. The van der Waals surface area contributed by atoms with Crippen LogP contribution in [0.3, 0.4) is 0 Å². The van der Waals surface area contributed by atoms with E-state index in [1.54, 1.807) is 0 Å². The summed E-state index contributed by atoms with van der Waals surface area (Å²) in [6, 6.07) is -0.127. The van der Waals surface area contributed by atoms with Crippen molar-refractivity contribution in [2.24, 2.45) is 0 Å². The highest BCUT2D eigenvalue weighted by Crippen LogP contribution is 2.28. The van der Waals surface area contributed by atoms with Crippen LogP contribution in [0.1, 0.15) is 32.6 Å². The number of aromatic nitrogens is 2. The molecular formula is C14H22F2N4OS. The van der Waals surface area contributed by atoms with Gasteiger partial charge in [-0.25, -0.2) is 13.6 Å². The molecule has 1 saturated carbocycles. The van der Waals surface area contributed by atoms with Crippen LogP contribution < -0.4 is 10.6 Å². The van der Waals surface area contributed by atoms with Crippen LogP contribution in [0.5, 0.6) is 0 Å². The Kier molecular flexibility index (Phi) is 6.48. The summed E-state index contributed by atoms with van der Waals surface area (Å²) in [6.07, 6.45) is 4.61. The van der Waals surface area contributed by atoms with Crippen LogP contribution in [0.4, 0.5) is 19.3 Å². The first-order chi connectivity index (χ1) is 10.6. The molecule has 0 bridgehead atoms.